The molecular formula is C20H23N3O3. The number of benzene rings is 2. The molecule has 1 heterocycles. The fraction of sp³-hybridized carbons (Fsp3) is 0.300. The normalized spacial score (nSPS) is 12.5. The van der Waals surface area contributed by atoms with Gasteiger partial charge in [-0.2, -0.15) is 0 Å². The summed E-state index contributed by atoms with van der Waals surface area (Å²) >= 11 is 0. The molecule has 1 aliphatic heterocycles. The van der Waals surface area contributed by atoms with Gasteiger partial charge in [0, 0.05) is 25.7 Å². The van der Waals surface area contributed by atoms with Crippen LogP contribution in [-0.2, 0) is 17.8 Å². The van der Waals surface area contributed by atoms with Crippen LogP contribution in [0.25, 0.3) is 0 Å². The van der Waals surface area contributed by atoms with E-state index in [0.29, 0.717) is 18.0 Å². The van der Waals surface area contributed by atoms with Gasteiger partial charge in [0.05, 0.1) is 12.8 Å². The highest BCUT2D eigenvalue weighted by atomic mass is 16.5. The van der Waals surface area contributed by atoms with E-state index < -0.39 is 0 Å². The van der Waals surface area contributed by atoms with E-state index in [0.717, 1.165) is 35.3 Å². The summed E-state index contributed by atoms with van der Waals surface area (Å²) in [5.41, 5.74) is 4.78. The van der Waals surface area contributed by atoms with Crippen LogP contribution in [0.4, 0.5) is 16.2 Å². The fourth-order valence-corrected chi connectivity index (χ4v) is 3.16. The molecule has 0 spiro atoms. The second-order valence-corrected chi connectivity index (χ2v) is 6.40. The average Bonchev–Trinajstić information content (AvgIpc) is 3.03. The summed E-state index contributed by atoms with van der Waals surface area (Å²) in [5, 5.41) is 5.68. The van der Waals surface area contributed by atoms with E-state index >= 15 is 0 Å². The molecule has 2 aromatic rings. The van der Waals surface area contributed by atoms with Crippen LogP contribution in [0.15, 0.2) is 36.4 Å². The van der Waals surface area contributed by atoms with Gasteiger partial charge in [-0.1, -0.05) is 18.2 Å². The molecule has 136 valence electrons. The van der Waals surface area contributed by atoms with Gasteiger partial charge in [0.25, 0.3) is 0 Å². The number of amides is 3. The molecule has 0 saturated heterocycles. The Kier molecular flexibility index (Phi) is 5.11. The molecule has 6 heteroatoms. The molecule has 0 atom stereocenters. The number of nitrogens with one attached hydrogen (secondary N) is 2. The number of hydrogen-bond acceptors (Lipinski definition) is 3. The molecule has 0 aromatic heterocycles. The zero-order chi connectivity index (χ0) is 18.7. The van der Waals surface area contributed by atoms with Crippen molar-refractivity contribution in [3.05, 3.63) is 53.1 Å². The maximum atomic E-state index is 12.2. The van der Waals surface area contributed by atoms with Crippen LogP contribution in [0.1, 0.15) is 23.6 Å². The third-order valence-corrected chi connectivity index (χ3v) is 4.48. The Bertz CT molecular complexity index is 848. The Balaban J connectivity index is 1.62. The molecule has 0 unspecified atom stereocenters. The molecule has 0 aliphatic carbocycles. The average molecular weight is 353 g/mol. The minimum atomic E-state index is -0.292. The van der Waals surface area contributed by atoms with Crippen LogP contribution >= 0.6 is 0 Å². The molecule has 6 nitrogen and oxygen atoms in total. The maximum absolute atomic E-state index is 12.2. The number of fused-ring (bicyclic) bond motifs is 1. The molecule has 1 aliphatic rings. The van der Waals surface area contributed by atoms with Gasteiger partial charge in [-0.05, 0) is 48.2 Å². The highest BCUT2D eigenvalue weighted by Crippen LogP contribution is 2.29. The smallest absolute Gasteiger partial charge is 0.319 e. The van der Waals surface area contributed by atoms with Gasteiger partial charge in [0.2, 0.25) is 5.91 Å². The monoisotopic (exact) mass is 353 g/mol. The molecule has 0 saturated carbocycles. The van der Waals surface area contributed by atoms with Crippen molar-refractivity contribution in [2.45, 2.75) is 26.8 Å². The number of carbonyl (C=O) groups excluding carboxylic acids is 2. The number of rotatable bonds is 4. The first-order valence-electron chi connectivity index (χ1n) is 8.57. The summed E-state index contributed by atoms with van der Waals surface area (Å²) in [6, 6.07) is 11.3. The van der Waals surface area contributed by atoms with Crippen molar-refractivity contribution in [3.63, 3.8) is 0 Å². The highest BCUT2D eigenvalue weighted by Gasteiger charge is 2.22. The molecule has 0 radical (unpaired) electrons. The number of aryl methyl sites for hydroxylation is 1. The van der Waals surface area contributed by atoms with E-state index in [-0.39, 0.29) is 11.9 Å². The van der Waals surface area contributed by atoms with Crippen LogP contribution in [0.3, 0.4) is 0 Å². The molecule has 26 heavy (non-hydrogen) atoms. The zero-order valence-electron chi connectivity index (χ0n) is 15.3. The van der Waals surface area contributed by atoms with Crippen LogP contribution in [0.5, 0.6) is 5.75 Å². The second-order valence-electron chi connectivity index (χ2n) is 6.40. The van der Waals surface area contributed by atoms with Gasteiger partial charge in [-0.15, -0.1) is 0 Å². The van der Waals surface area contributed by atoms with Crippen molar-refractivity contribution in [2.24, 2.45) is 0 Å². The van der Waals surface area contributed by atoms with Crippen LogP contribution < -0.4 is 20.3 Å². The fourth-order valence-electron chi connectivity index (χ4n) is 3.16. The second kappa shape index (κ2) is 7.47. The lowest BCUT2D eigenvalue weighted by Crippen LogP contribution is -2.28. The zero-order valence-corrected chi connectivity index (χ0v) is 15.3. The van der Waals surface area contributed by atoms with E-state index in [2.05, 4.69) is 10.6 Å². The molecule has 0 bridgehead atoms. The first kappa shape index (κ1) is 17.8. The number of nitrogens with zero attached hydrogens (tertiary/aromatic N) is 1. The Morgan fingerprint density at radius 2 is 2.00 bits per heavy atom. The van der Waals surface area contributed by atoms with Crippen molar-refractivity contribution in [1.29, 1.82) is 0 Å². The van der Waals surface area contributed by atoms with Crippen LogP contribution in [0, 0.1) is 6.92 Å². The number of carbonyl (C=O) groups is 2. The number of anilines is 2. The minimum Gasteiger partial charge on any atom is -0.495 e. The van der Waals surface area contributed by atoms with Crippen molar-refractivity contribution < 1.29 is 14.3 Å². The first-order valence-corrected chi connectivity index (χ1v) is 8.57. The van der Waals surface area contributed by atoms with Crippen molar-refractivity contribution in [1.82, 2.24) is 5.32 Å². The topological polar surface area (TPSA) is 70.7 Å². The Labute approximate surface area is 153 Å². The molecular weight excluding hydrogens is 330 g/mol. The summed E-state index contributed by atoms with van der Waals surface area (Å²) in [6.07, 6.45) is 0.843. The largest absolute Gasteiger partial charge is 0.495 e. The highest BCUT2D eigenvalue weighted by molar-refractivity contribution is 5.94. The number of ether oxygens (including phenoxy) is 1. The van der Waals surface area contributed by atoms with Crippen LogP contribution in [0.2, 0.25) is 0 Å². The standard InChI is InChI=1S/C20H23N3O3/c1-13-4-7-19(26-3)17(10-13)22-20(25)21-12-15-5-6-18-16(11-15)8-9-23(18)14(2)24/h4-7,10-11H,8-9,12H2,1-3H3,(H2,21,22,25). The number of urea groups is 1. The van der Waals surface area contributed by atoms with E-state index in [1.54, 1.807) is 18.9 Å². The molecule has 2 N–H and O–H groups in total. The first-order chi connectivity index (χ1) is 12.5. The third kappa shape index (κ3) is 3.79. The van der Waals surface area contributed by atoms with Gasteiger partial charge >= 0.3 is 6.03 Å². The van der Waals surface area contributed by atoms with Gasteiger partial charge < -0.3 is 20.3 Å². The molecule has 2 aromatic carbocycles. The summed E-state index contributed by atoms with van der Waals surface area (Å²) in [7, 11) is 1.57. The lowest BCUT2D eigenvalue weighted by Gasteiger charge is -2.15. The van der Waals surface area contributed by atoms with E-state index in [1.165, 1.54) is 0 Å². The van der Waals surface area contributed by atoms with Gasteiger partial charge in [0.1, 0.15) is 5.75 Å². The summed E-state index contributed by atoms with van der Waals surface area (Å²) in [5.74, 6) is 0.675. The number of hydrogen-bond donors (Lipinski definition) is 2. The molecule has 3 amide bonds. The third-order valence-electron chi connectivity index (χ3n) is 4.48. The Hall–Kier alpha value is -3.02. The van der Waals surface area contributed by atoms with Gasteiger partial charge in [0.15, 0.2) is 0 Å². The van der Waals surface area contributed by atoms with E-state index in [9.17, 15) is 9.59 Å². The summed E-state index contributed by atoms with van der Waals surface area (Å²) < 4.78 is 5.27. The molecule has 0 fully saturated rings. The predicted molar refractivity (Wildman–Crippen MR) is 102 cm³/mol. The maximum Gasteiger partial charge on any atom is 0.319 e. The van der Waals surface area contributed by atoms with Gasteiger partial charge in [-0.3, -0.25) is 4.79 Å². The summed E-state index contributed by atoms with van der Waals surface area (Å²) in [6.45, 7) is 4.66. The number of methoxy groups -OCH3 is 1. The Morgan fingerprint density at radius 3 is 2.73 bits per heavy atom. The van der Waals surface area contributed by atoms with Crippen molar-refractivity contribution in [2.75, 3.05) is 23.9 Å². The molecule has 3 rings (SSSR count). The van der Waals surface area contributed by atoms with Crippen molar-refractivity contribution in [3.8, 4) is 5.75 Å². The quantitative estimate of drug-likeness (QED) is 0.886. The van der Waals surface area contributed by atoms with E-state index in [4.69, 9.17) is 4.74 Å². The van der Waals surface area contributed by atoms with Crippen molar-refractivity contribution >= 4 is 23.3 Å². The summed E-state index contributed by atoms with van der Waals surface area (Å²) in [4.78, 5) is 25.6. The minimum absolute atomic E-state index is 0.0566. The SMILES string of the molecule is COc1ccc(C)cc1NC(=O)NCc1ccc2c(c1)CCN2C(C)=O. The predicted octanol–water partition coefficient (Wildman–Crippen LogP) is 3.23. The van der Waals surface area contributed by atoms with E-state index in [1.807, 2.05) is 43.3 Å². The van der Waals surface area contributed by atoms with Gasteiger partial charge in [-0.25, -0.2) is 4.79 Å². The lowest BCUT2D eigenvalue weighted by atomic mass is 10.1. The van der Waals surface area contributed by atoms with Crippen LogP contribution in [-0.4, -0.2) is 25.6 Å². The lowest BCUT2D eigenvalue weighted by molar-refractivity contribution is -0.116. The Morgan fingerprint density at radius 1 is 1.19 bits per heavy atom.